The number of benzene rings is 3. The zero-order valence-electron chi connectivity index (χ0n) is 22.4. The smallest absolute Gasteiger partial charge is 0.238 e. The van der Waals surface area contributed by atoms with Crippen molar-refractivity contribution >= 4 is 40.6 Å². The van der Waals surface area contributed by atoms with E-state index in [2.05, 4.69) is 5.32 Å². The zero-order chi connectivity index (χ0) is 28.3. The molecule has 4 heterocycles. The van der Waals surface area contributed by atoms with Gasteiger partial charge in [-0.25, -0.2) is 0 Å². The topological polar surface area (TPSA) is 84.9 Å². The summed E-state index contributed by atoms with van der Waals surface area (Å²) in [7, 11) is 3.02. The fourth-order valence-electron chi connectivity index (χ4n) is 6.91. The van der Waals surface area contributed by atoms with Crippen LogP contribution in [0.15, 0.2) is 90.4 Å². The van der Waals surface area contributed by atoms with Crippen molar-refractivity contribution in [2.45, 2.75) is 17.5 Å². The Morgan fingerprint density at radius 2 is 1.73 bits per heavy atom. The quantitative estimate of drug-likeness (QED) is 0.302. The van der Waals surface area contributed by atoms with E-state index < -0.39 is 23.4 Å². The van der Waals surface area contributed by atoms with Crippen molar-refractivity contribution in [3.63, 3.8) is 0 Å². The number of carbonyl (C=O) groups is 3. The molecule has 1 saturated heterocycles. The number of ketones is 2. The van der Waals surface area contributed by atoms with Gasteiger partial charge in [-0.05, 0) is 58.5 Å². The number of carbonyl (C=O) groups excluding carboxylic acids is 3. The van der Waals surface area contributed by atoms with Crippen LogP contribution in [0.5, 0.6) is 11.5 Å². The highest BCUT2D eigenvalue weighted by molar-refractivity contribution is 7.12. The second-order valence-electron chi connectivity index (χ2n) is 10.4. The van der Waals surface area contributed by atoms with Crippen LogP contribution in [0, 0.1) is 5.92 Å². The monoisotopic (exact) mass is 562 g/mol. The number of fused-ring (bicyclic) bond motifs is 6. The Labute approximate surface area is 241 Å². The third-order valence-corrected chi connectivity index (χ3v) is 9.44. The van der Waals surface area contributed by atoms with Gasteiger partial charge in [-0.1, -0.05) is 48.5 Å². The molecule has 0 radical (unpaired) electrons. The van der Waals surface area contributed by atoms with E-state index in [9.17, 15) is 9.59 Å². The van der Waals surface area contributed by atoms with Crippen LogP contribution in [0.3, 0.4) is 0 Å². The lowest BCUT2D eigenvalue weighted by atomic mass is 9.62. The van der Waals surface area contributed by atoms with Gasteiger partial charge in [-0.3, -0.25) is 14.4 Å². The molecule has 0 saturated carbocycles. The molecule has 8 heteroatoms. The molecule has 3 aromatic carbocycles. The van der Waals surface area contributed by atoms with Crippen molar-refractivity contribution < 1.29 is 23.9 Å². The summed E-state index contributed by atoms with van der Waals surface area (Å²) in [5, 5.41) is 4.91. The van der Waals surface area contributed by atoms with Crippen molar-refractivity contribution in [3.8, 4) is 11.5 Å². The minimum absolute atomic E-state index is 0.205. The molecule has 4 atom stereocenters. The molecule has 7 nitrogen and oxygen atoms in total. The first kappa shape index (κ1) is 25.3. The molecule has 204 valence electrons. The van der Waals surface area contributed by atoms with E-state index in [0.717, 1.165) is 11.1 Å². The summed E-state index contributed by atoms with van der Waals surface area (Å²) < 4.78 is 11.1. The highest BCUT2D eigenvalue weighted by atomic mass is 32.1. The second kappa shape index (κ2) is 9.45. The second-order valence-corrected chi connectivity index (χ2v) is 11.3. The molecule has 3 aliphatic rings. The van der Waals surface area contributed by atoms with Gasteiger partial charge >= 0.3 is 0 Å². The predicted octanol–water partition coefficient (Wildman–Crippen LogP) is 5.75. The number of nitrogens with one attached hydrogen (secondary N) is 1. The number of nitrogens with zero attached hydrogens (tertiary/aromatic N) is 1. The molecule has 4 aromatic rings. The van der Waals surface area contributed by atoms with Crippen LogP contribution < -0.4 is 14.8 Å². The summed E-state index contributed by atoms with van der Waals surface area (Å²) in [6, 6.07) is 22.4. The zero-order valence-corrected chi connectivity index (χ0v) is 23.2. The standard InChI is InChI=1S/C33H26N2O5S/c1-39-20-13-14-25(40-2)22(18-20)29(36)27-28(30(37)26-12-7-17-41-26)35-16-15-19-8-3-4-9-21(19)31(35)33(27)23-10-5-6-11-24(23)34-32(33)38/h3-18,27-28,31H,1-2H3,(H,34,38)/t27-,28+,31-,33-/m1/s1. The van der Waals surface area contributed by atoms with Crippen molar-refractivity contribution in [1.82, 2.24) is 4.90 Å². The van der Waals surface area contributed by atoms with Gasteiger partial charge in [0.05, 0.1) is 36.6 Å². The van der Waals surface area contributed by atoms with Crippen LogP contribution in [0.1, 0.15) is 42.8 Å². The normalized spacial score (nSPS) is 23.5. The van der Waals surface area contributed by atoms with Crippen LogP contribution in [0.25, 0.3) is 6.08 Å². The average Bonchev–Trinajstić information content (AvgIpc) is 3.73. The van der Waals surface area contributed by atoms with Gasteiger partial charge in [0.15, 0.2) is 11.6 Å². The summed E-state index contributed by atoms with van der Waals surface area (Å²) in [6.07, 6.45) is 3.82. The first-order chi connectivity index (χ1) is 20.0. The lowest BCUT2D eigenvalue weighted by Crippen LogP contribution is -2.49. The van der Waals surface area contributed by atoms with E-state index in [4.69, 9.17) is 9.47 Å². The van der Waals surface area contributed by atoms with Crippen LogP contribution in [0.4, 0.5) is 5.69 Å². The Kier molecular flexibility index (Phi) is 5.83. The maximum Gasteiger partial charge on any atom is 0.238 e. The van der Waals surface area contributed by atoms with Crippen molar-refractivity contribution in [1.29, 1.82) is 0 Å². The number of Topliss-reactive ketones (excluding diaryl/α,β-unsaturated/α-hetero) is 2. The van der Waals surface area contributed by atoms with Crippen LogP contribution in [0.2, 0.25) is 0 Å². The molecule has 1 amide bonds. The van der Waals surface area contributed by atoms with E-state index >= 15 is 4.79 Å². The molecule has 1 aromatic heterocycles. The van der Waals surface area contributed by atoms with Gasteiger partial charge in [0.1, 0.15) is 23.0 Å². The highest BCUT2D eigenvalue weighted by Crippen LogP contribution is 2.62. The molecule has 0 aliphatic carbocycles. The number of rotatable bonds is 6. The number of amides is 1. The summed E-state index contributed by atoms with van der Waals surface area (Å²) in [4.78, 5) is 46.5. The Hall–Kier alpha value is -4.69. The van der Waals surface area contributed by atoms with E-state index in [1.54, 1.807) is 24.3 Å². The van der Waals surface area contributed by atoms with Crippen molar-refractivity contribution in [3.05, 3.63) is 118 Å². The maximum atomic E-state index is 15.0. The summed E-state index contributed by atoms with van der Waals surface area (Å²) in [6.45, 7) is 0. The molecular formula is C33H26N2O5S. The third-order valence-electron chi connectivity index (χ3n) is 8.56. The Balaban J connectivity index is 1.56. The largest absolute Gasteiger partial charge is 0.497 e. The molecule has 1 fully saturated rings. The number of hydrogen-bond acceptors (Lipinski definition) is 7. The number of para-hydroxylation sites is 1. The van der Waals surface area contributed by atoms with E-state index in [-0.39, 0.29) is 23.0 Å². The fraction of sp³-hybridized carbons (Fsp3) is 0.182. The number of anilines is 1. The minimum atomic E-state index is -1.40. The molecule has 1 N–H and O–H groups in total. The molecule has 41 heavy (non-hydrogen) atoms. The van der Waals surface area contributed by atoms with E-state index in [0.29, 0.717) is 27.6 Å². The van der Waals surface area contributed by atoms with Gasteiger partial charge in [0.2, 0.25) is 5.91 Å². The number of methoxy groups -OCH3 is 2. The molecule has 7 rings (SSSR count). The molecule has 0 bridgehead atoms. The van der Waals surface area contributed by atoms with Crippen molar-refractivity contribution in [2.75, 3.05) is 19.5 Å². The average molecular weight is 563 g/mol. The number of ether oxygens (including phenoxy) is 2. The molecular weight excluding hydrogens is 536 g/mol. The predicted molar refractivity (Wildman–Crippen MR) is 157 cm³/mol. The first-order valence-corrected chi connectivity index (χ1v) is 14.2. The van der Waals surface area contributed by atoms with Gasteiger partial charge in [0, 0.05) is 11.9 Å². The molecule has 0 unspecified atom stereocenters. The summed E-state index contributed by atoms with van der Waals surface area (Å²) in [5.41, 5.74) is 2.03. The lowest BCUT2D eigenvalue weighted by Gasteiger charge is -2.38. The van der Waals surface area contributed by atoms with Crippen molar-refractivity contribution in [2.24, 2.45) is 5.92 Å². The van der Waals surface area contributed by atoms with Crippen LogP contribution >= 0.6 is 11.3 Å². The number of thiophene rings is 1. The Bertz CT molecular complexity index is 1750. The van der Waals surface area contributed by atoms with Gasteiger partial charge in [-0.15, -0.1) is 11.3 Å². The van der Waals surface area contributed by atoms with E-state index in [1.807, 2.05) is 77.2 Å². The number of hydrogen-bond donors (Lipinski definition) is 1. The summed E-state index contributed by atoms with van der Waals surface area (Å²) in [5.74, 6) is -1.13. The van der Waals surface area contributed by atoms with Gasteiger partial charge in [-0.2, -0.15) is 0 Å². The lowest BCUT2D eigenvalue weighted by molar-refractivity contribution is -0.122. The maximum absolute atomic E-state index is 15.0. The van der Waals surface area contributed by atoms with E-state index in [1.165, 1.54) is 25.6 Å². The first-order valence-electron chi connectivity index (χ1n) is 13.3. The van der Waals surface area contributed by atoms with Gasteiger partial charge < -0.3 is 19.7 Å². The summed E-state index contributed by atoms with van der Waals surface area (Å²) >= 11 is 1.33. The molecule has 3 aliphatic heterocycles. The fourth-order valence-corrected chi connectivity index (χ4v) is 7.60. The van der Waals surface area contributed by atoms with Gasteiger partial charge in [0.25, 0.3) is 0 Å². The van der Waals surface area contributed by atoms with Crippen LogP contribution in [-0.2, 0) is 10.2 Å². The molecule has 1 spiro atoms. The van der Waals surface area contributed by atoms with Crippen LogP contribution in [-0.4, -0.2) is 42.6 Å². The highest BCUT2D eigenvalue weighted by Gasteiger charge is 2.71. The SMILES string of the molecule is COc1ccc(OC)c(C(=O)[C@H]2[C@@H](C(=O)c3cccs3)N3C=Cc4ccccc4[C@@H]3[C@]23C(=O)Nc2ccccc23)c1. The third kappa shape index (κ3) is 3.47. The Morgan fingerprint density at radius 1 is 0.927 bits per heavy atom. The minimum Gasteiger partial charge on any atom is -0.497 e. The Morgan fingerprint density at radius 3 is 2.51 bits per heavy atom.